The van der Waals surface area contributed by atoms with Gasteiger partial charge in [-0.25, -0.2) is 9.48 Å². The number of nitriles is 1. The van der Waals surface area contributed by atoms with Gasteiger partial charge < -0.3 is 4.74 Å². The Morgan fingerprint density at radius 2 is 1.91 bits per heavy atom. The normalized spacial score (nSPS) is 24.3. The zero-order chi connectivity index (χ0) is 24.7. The maximum Gasteiger partial charge on any atom is 0.411 e. The van der Waals surface area contributed by atoms with E-state index in [1.54, 1.807) is 9.58 Å². The highest BCUT2D eigenvalue weighted by Gasteiger charge is 2.52. The molecule has 2 aliphatic carbocycles. The van der Waals surface area contributed by atoms with Crippen LogP contribution in [0.5, 0.6) is 0 Å². The topological polar surface area (TPSA) is 101 Å². The SMILES string of the molecule is CC(C)(C)OC(=O)N1[C@@H]2CC[C@@H](C2)[C@H]1C(=O)C[C@H](C#N)Cc1ccc(-n2cc(C3CC3)nn2)cc1. The van der Waals surface area contributed by atoms with Gasteiger partial charge in [-0.15, -0.1) is 5.10 Å². The molecule has 184 valence electrons. The maximum absolute atomic E-state index is 13.4. The number of benzene rings is 1. The number of rotatable bonds is 7. The van der Waals surface area contributed by atoms with Crippen molar-refractivity contribution >= 4 is 11.9 Å². The van der Waals surface area contributed by atoms with Crippen LogP contribution in [0.25, 0.3) is 5.69 Å². The first-order valence-corrected chi connectivity index (χ1v) is 12.7. The van der Waals surface area contributed by atoms with Gasteiger partial charge in [0.05, 0.1) is 35.6 Å². The van der Waals surface area contributed by atoms with Crippen molar-refractivity contribution in [2.45, 2.75) is 89.3 Å². The van der Waals surface area contributed by atoms with Gasteiger partial charge in [0, 0.05) is 18.4 Å². The van der Waals surface area contributed by atoms with Crippen molar-refractivity contribution in [3.63, 3.8) is 0 Å². The minimum absolute atomic E-state index is 0.0264. The summed E-state index contributed by atoms with van der Waals surface area (Å²) in [5.74, 6) is 0.252. The molecule has 0 spiro atoms. The molecule has 1 aromatic carbocycles. The third-order valence-corrected chi connectivity index (χ3v) is 7.34. The van der Waals surface area contributed by atoms with Gasteiger partial charge in [0.2, 0.25) is 0 Å². The van der Waals surface area contributed by atoms with E-state index in [1.807, 2.05) is 51.2 Å². The van der Waals surface area contributed by atoms with Crippen LogP contribution >= 0.6 is 0 Å². The minimum atomic E-state index is -0.612. The molecule has 8 nitrogen and oxygen atoms in total. The molecule has 2 saturated carbocycles. The predicted octanol–water partition coefficient (Wildman–Crippen LogP) is 4.57. The van der Waals surface area contributed by atoms with Crippen LogP contribution in [0.2, 0.25) is 0 Å². The van der Waals surface area contributed by atoms with E-state index in [4.69, 9.17) is 4.74 Å². The number of carbonyl (C=O) groups excluding carboxylic acids is 2. The number of ether oxygens (including phenoxy) is 1. The summed E-state index contributed by atoms with van der Waals surface area (Å²) in [6.07, 6.45) is 7.27. The summed E-state index contributed by atoms with van der Waals surface area (Å²) in [6.45, 7) is 5.51. The number of ketones is 1. The van der Waals surface area contributed by atoms with Gasteiger partial charge in [-0.05, 0) is 82.9 Å². The minimum Gasteiger partial charge on any atom is -0.444 e. The molecule has 1 amide bonds. The Kier molecular flexibility index (Phi) is 6.12. The fraction of sp³-hybridized carbons (Fsp3) is 0.593. The highest BCUT2D eigenvalue weighted by Crippen LogP contribution is 2.44. The Labute approximate surface area is 206 Å². The van der Waals surface area contributed by atoms with E-state index >= 15 is 0 Å². The van der Waals surface area contributed by atoms with Crippen molar-refractivity contribution in [1.29, 1.82) is 5.26 Å². The molecule has 35 heavy (non-hydrogen) atoms. The largest absolute Gasteiger partial charge is 0.444 e. The average molecular weight is 476 g/mol. The van der Waals surface area contributed by atoms with E-state index in [0.29, 0.717) is 12.3 Å². The summed E-state index contributed by atoms with van der Waals surface area (Å²) >= 11 is 0. The summed E-state index contributed by atoms with van der Waals surface area (Å²) in [5.41, 5.74) is 2.35. The third-order valence-electron chi connectivity index (χ3n) is 7.34. The zero-order valence-electron chi connectivity index (χ0n) is 20.7. The Bertz CT molecular complexity index is 1140. The second-order valence-electron chi connectivity index (χ2n) is 11.3. The molecule has 8 heteroatoms. The molecule has 3 fully saturated rings. The number of likely N-dealkylation sites (tertiary alicyclic amines) is 1. The molecule has 0 N–H and O–H groups in total. The van der Waals surface area contributed by atoms with Crippen molar-refractivity contribution < 1.29 is 14.3 Å². The molecular weight excluding hydrogens is 442 g/mol. The molecule has 4 atom stereocenters. The van der Waals surface area contributed by atoms with Crippen LogP contribution in [0.3, 0.4) is 0 Å². The molecule has 1 saturated heterocycles. The zero-order valence-corrected chi connectivity index (χ0v) is 20.7. The molecule has 2 bridgehead atoms. The average Bonchev–Trinajstić information content (AvgIpc) is 3.21. The number of fused-ring (bicyclic) bond motifs is 2. The molecule has 2 heterocycles. The van der Waals surface area contributed by atoms with Crippen molar-refractivity contribution in [2.24, 2.45) is 11.8 Å². The second-order valence-corrected chi connectivity index (χ2v) is 11.3. The fourth-order valence-electron chi connectivity index (χ4n) is 5.55. The number of Topliss-reactive ketones (excluding diaryl/α,β-unsaturated/α-hetero) is 1. The quantitative estimate of drug-likeness (QED) is 0.581. The van der Waals surface area contributed by atoms with Crippen LogP contribution < -0.4 is 0 Å². The van der Waals surface area contributed by atoms with Gasteiger partial charge in [0.1, 0.15) is 5.60 Å². The number of hydrogen-bond acceptors (Lipinski definition) is 6. The second kappa shape index (κ2) is 9.10. The van der Waals surface area contributed by atoms with Crippen LogP contribution in [0, 0.1) is 23.2 Å². The molecule has 3 aliphatic rings. The molecule has 1 aromatic heterocycles. The lowest BCUT2D eigenvalue weighted by Crippen LogP contribution is -2.51. The van der Waals surface area contributed by atoms with Crippen molar-refractivity contribution in [3.05, 3.63) is 41.7 Å². The van der Waals surface area contributed by atoms with Gasteiger partial charge in [0.15, 0.2) is 5.78 Å². The van der Waals surface area contributed by atoms with Crippen LogP contribution in [0.1, 0.15) is 76.5 Å². The van der Waals surface area contributed by atoms with Gasteiger partial charge in [-0.3, -0.25) is 9.69 Å². The summed E-state index contributed by atoms with van der Waals surface area (Å²) in [6, 6.07) is 9.80. The van der Waals surface area contributed by atoms with E-state index in [9.17, 15) is 14.9 Å². The molecule has 0 unspecified atom stereocenters. The molecule has 0 radical (unpaired) electrons. The van der Waals surface area contributed by atoms with Gasteiger partial charge >= 0.3 is 6.09 Å². The number of aromatic nitrogens is 3. The van der Waals surface area contributed by atoms with Crippen molar-refractivity contribution in [2.75, 3.05) is 0 Å². The van der Waals surface area contributed by atoms with Gasteiger partial charge in [0.25, 0.3) is 0 Å². The van der Waals surface area contributed by atoms with Crippen LogP contribution in [0.15, 0.2) is 30.5 Å². The highest BCUT2D eigenvalue weighted by atomic mass is 16.6. The first-order chi connectivity index (χ1) is 16.7. The number of hydrogen-bond donors (Lipinski definition) is 0. The molecule has 2 aromatic rings. The Hall–Kier alpha value is -3.21. The lowest BCUT2D eigenvalue weighted by atomic mass is 9.88. The summed E-state index contributed by atoms with van der Waals surface area (Å²) in [4.78, 5) is 27.9. The monoisotopic (exact) mass is 475 g/mol. The fourth-order valence-corrected chi connectivity index (χ4v) is 5.55. The standard InChI is InChI=1S/C27H33N5O3/c1-27(2,3)35-26(34)32-22-11-8-20(14-22)25(32)24(33)13-18(15-28)12-17-4-9-21(10-5-17)31-16-23(29-30-31)19-6-7-19/h4-5,9-10,16,18-20,22,25H,6-8,11-14H2,1-3H3/t18-,20+,22-,25+/m1/s1. The number of nitrogens with zero attached hydrogens (tertiary/aromatic N) is 5. The maximum atomic E-state index is 13.4. The number of carbonyl (C=O) groups is 2. The van der Waals surface area contributed by atoms with Crippen LogP contribution in [-0.4, -0.2) is 49.5 Å². The summed E-state index contributed by atoms with van der Waals surface area (Å²) < 4.78 is 7.39. The first-order valence-electron chi connectivity index (χ1n) is 12.7. The molecule has 5 rings (SSSR count). The van der Waals surface area contributed by atoms with E-state index in [1.165, 1.54) is 12.8 Å². The number of piperidine rings is 1. The molecule has 1 aliphatic heterocycles. The van der Waals surface area contributed by atoms with Crippen molar-refractivity contribution in [1.82, 2.24) is 19.9 Å². The predicted molar refractivity (Wildman–Crippen MR) is 129 cm³/mol. The summed E-state index contributed by atoms with van der Waals surface area (Å²) in [7, 11) is 0. The highest BCUT2D eigenvalue weighted by molar-refractivity contribution is 5.89. The van der Waals surface area contributed by atoms with Crippen LogP contribution in [0.4, 0.5) is 4.79 Å². The lowest BCUT2D eigenvalue weighted by molar-refractivity contribution is -0.126. The van der Waals surface area contributed by atoms with Crippen LogP contribution in [-0.2, 0) is 16.0 Å². The van der Waals surface area contributed by atoms with E-state index in [-0.39, 0.29) is 24.2 Å². The Balaban J connectivity index is 1.22. The summed E-state index contributed by atoms with van der Waals surface area (Å²) in [5, 5.41) is 18.3. The van der Waals surface area contributed by atoms with E-state index in [0.717, 1.165) is 36.2 Å². The number of amides is 1. The van der Waals surface area contributed by atoms with Crippen molar-refractivity contribution in [3.8, 4) is 11.8 Å². The smallest absolute Gasteiger partial charge is 0.411 e. The van der Waals surface area contributed by atoms with E-state index in [2.05, 4.69) is 16.4 Å². The van der Waals surface area contributed by atoms with Gasteiger partial charge in [-0.2, -0.15) is 5.26 Å². The van der Waals surface area contributed by atoms with E-state index < -0.39 is 23.7 Å². The lowest BCUT2D eigenvalue weighted by Gasteiger charge is -2.35. The molecular formula is C27H33N5O3. The Morgan fingerprint density at radius 3 is 2.57 bits per heavy atom. The van der Waals surface area contributed by atoms with Gasteiger partial charge in [-0.1, -0.05) is 17.3 Å². The first kappa shape index (κ1) is 23.5. The Morgan fingerprint density at radius 1 is 1.17 bits per heavy atom. The third kappa shape index (κ3) is 5.09.